The molecule has 6 nitrogen and oxygen atoms in total. The number of carbonyl (C=O) groups is 1. The number of hydrogen-bond donors (Lipinski definition) is 2. The molecule has 19 heavy (non-hydrogen) atoms. The summed E-state index contributed by atoms with van der Waals surface area (Å²) in [5, 5.41) is 5.95. The fourth-order valence-corrected chi connectivity index (χ4v) is 1.47. The van der Waals surface area contributed by atoms with E-state index in [4.69, 9.17) is 9.47 Å². The Balaban J connectivity index is 2.43. The van der Waals surface area contributed by atoms with Crippen LogP contribution in [-0.4, -0.2) is 51.4 Å². The van der Waals surface area contributed by atoms with Crippen molar-refractivity contribution in [3.8, 4) is 0 Å². The van der Waals surface area contributed by atoms with E-state index in [9.17, 15) is 4.79 Å². The lowest BCUT2D eigenvalue weighted by Gasteiger charge is -2.08. The zero-order valence-corrected chi connectivity index (χ0v) is 11.4. The van der Waals surface area contributed by atoms with Gasteiger partial charge < -0.3 is 20.1 Å². The van der Waals surface area contributed by atoms with Crippen LogP contribution >= 0.6 is 0 Å². The van der Waals surface area contributed by atoms with Crippen molar-refractivity contribution in [2.45, 2.75) is 6.42 Å². The van der Waals surface area contributed by atoms with E-state index in [1.807, 2.05) is 6.07 Å². The first kappa shape index (κ1) is 15.4. The van der Waals surface area contributed by atoms with Gasteiger partial charge in [0, 0.05) is 45.8 Å². The number of anilines is 1. The minimum atomic E-state index is -0.175. The molecule has 0 spiro atoms. The molecule has 0 atom stereocenters. The summed E-state index contributed by atoms with van der Waals surface area (Å²) in [4.78, 5) is 15.9. The first-order chi connectivity index (χ1) is 9.27. The van der Waals surface area contributed by atoms with E-state index in [1.165, 1.54) is 0 Å². The molecule has 1 heterocycles. The molecule has 0 bridgehead atoms. The number of hydrogen-bond acceptors (Lipinski definition) is 5. The monoisotopic (exact) mass is 267 g/mol. The molecule has 0 aromatic carbocycles. The second kappa shape index (κ2) is 9.29. The Morgan fingerprint density at radius 2 is 2.05 bits per heavy atom. The molecule has 1 amide bonds. The Kier molecular flexibility index (Phi) is 7.53. The van der Waals surface area contributed by atoms with E-state index in [2.05, 4.69) is 15.6 Å². The third kappa shape index (κ3) is 6.17. The predicted molar refractivity (Wildman–Crippen MR) is 73.4 cm³/mol. The minimum absolute atomic E-state index is 0.175. The van der Waals surface area contributed by atoms with Gasteiger partial charge in [0.15, 0.2) is 0 Å². The van der Waals surface area contributed by atoms with Gasteiger partial charge in [0.1, 0.15) is 5.69 Å². The minimum Gasteiger partial charge on any atom is -0.385 e. The molecule has 2 N–H and O–H groups in total. The Bertz CT molecular complexity index is 385. The number of pyridine rings is 1. The van der Waals surface area contributed by atoms with Crippen LogP contribution in [0.3, 0.4) is 0 Å². The Labute approximate surface area is 113 Å². The third-order valence-corrected chi connectivity index (χ3v) is 2.44. The van der Waals surface area contributed by atoms with Crippen LogP contribution in [0.25, 0.3) is 0 Å². The highest BCUT2D eigenvalue weighted by Crippen LogP contribution is 2.07. The first-order valence-electron chi connectivity index (χ1n) is 6.24. The Morgan fingerprint density at radius 1 is 1.26 bits per heavy atom. The van der Waals surface area contributed by atoms with Gasteiger partial charge in [0.05, 0.1) is 6.61 Å². The van der Waals surface area contributed by atoms with Crippen molar-refractivity contribution >= 4 is 11.6 Å². The van der Waals surface area contributed by atoms with E-state index in [0.29, 0.717) is 32.0 Å². The summed E-state index contributed by atoms with van der Waals surface area (Å²) in [7, 11) is 3.28. The highest BCUT2D eigenvalue weighted by molar-refractivity contribution is 5.93. The second-order valence-corrected chi connectivity index (χ2v) is 3.95. The highest BCUT2D eigenvalue weighted by atomic mass is 16.5. The molecular formula is C13H21N3O3. The van der Waals surface area contributed by atoms with Gasteiger partial charge in [-0.25, -0.2) is 0 Å². The fourth-order valence-electron chi connectivity index (χ4n) is 1.47. The van der Waals surface area contributed by atoms with Crippen LogP contribution in [0.2, 0.25) is 0 Å². The van der Waals surface area contributed by atoms with Crippen LogP contribution in [0.4, 0.5) is 5.69 Å². The molecule has 106 valence electrons. The maximum atomic E-state index is 11.8. The molecule has 1 aromatic heterocycles. The van der Waals surface area contributed by atoms with Gasteiger partial charge in [0.25, 0.3) is 5.91 Å². The van der Waals surface area contributed by atoms with E-state index in [0.717, 1.165) is 12.1 Å². The van der Waals surface area contributed by atoms with E-state index < -0.39 is 0 Å². The number of aromatic nitrogens is 1. The van der Waals surface area contributed by atoms with Crippen LogP contribution in [0, 0.1) is 0 Å². The molecule has 1 aromatic rings. The number of rotatable bonds is 9. The largest absolute Gasteiger partial charge is 0.385 e. The van der Waals surface area contributed by atoms with Gasteiger partial charge in [-0.1, -0.05) is 0 Å². The maximum absolute atomic E-state index is 11.8. The van der Waals surface area contributed by atoms with Gasteiger partial charge in [0.2, 0.25) is 0 Å². The molecule has 0 radical (unpaired) electrons. The average molecular weight is 267 g/mol. The zero-order chi connectivity index (χ0) is 13.9. The molecule has 0 saturated heterocycles. The van der Waals surface area contributed by atoms with Gasteiger partial charge in [-0.05, 0) is 18.6 Å². The van der Waals surface area contributed by atoms with Crippen LogP contribution in [0.5, 0.6) is 0 Å². The fraction of sp³-hybridized carbons (Fsp3) is 0.538. The number of nitrogens with zero attached hydrogens (tertiary/aromatic N) is 1. The average Bonchev–Trinajstić information content (AvgIpc) is 2.44. The topological polar surface area (TPSA) is 72.5 Å². The summed E-state index contributed by atoms with van der Waals surface area (Å²) in [6.07, 6.45) is 2.40. The summed E-state index contributed by atoms with van der Waals surface area (Å²) in [5.41, 5.74) is 1.26. The number of ether oxygens (including phenoxy) is 2. The molecule has 0 aliphatic carbocycles. The van der Waals surface area contributed by atoms with Gasteiger partial charge >= 0.3 is 0 Å². The number of amides is 1. The molecule has 6 heteroatoms. The lowest BCUT2D eigenvalue weighted by atomic mass is 10.3. The summed E-state index contributed by atoms with van der Waals surface area (Å²) >= 11 is 0. The van der Waals surface area contributed by atoms with Crippen LogP contribution in [0.15, 0.2) is 18.3 Å². The highest BCUT2D eigenvalue weighted by Gasteiger charge is 2.06. The van der Waals surface area contributed by atoms with E-state index in [1.54, 1.807) is 26.5 Å². The molecule has 0 unspecified atom stereocenters. The standard InChI is InChI=1S/C13H21N3O3/c1-18-8-3-5-16-13(17)12-10-11(4-6-15-12)14-7-9-19-2/h4,6,10H,3,5,7-9H2,1-2H3,(H,14,15)(H,16,17). The Morgan fingerprint density at radius 3 is 2.79 bits per heavy atom. The molecule has 0 aliphatic heterocycles. The zero-order valence-electron chi connectivity index (χ0n) is 11.4. The molecule has 1 rings (SSSR count). The van der Waals surface area contributed by atoms with Crippen molar-refractivity contribution in [1.29, 1.82) is 0 Å². The Hall–Kier alpha value is -1.66. The van der Waals surface area contributed by atoms with Crippen LogP contribution in [-0.2, 0) is 9.47 Å². The maximum Gasteiger partial charge on any atom is 0.269 e. The van der Waals surface area contributed by atoms with Gasteiger partial charge in [-0.3, -0.25) is 9.78 Å². The summed E-state index contributed by atoms with van der Waals surface area (Å²) in [5.74, 6) is -0.175. The summed E-state index contributed by atoms with van der Waals surface area (Å²) in [6.45, 7) is 2.51. The third-order valence-electron chi connectivity index (χ3n) is 2.44. The van der Waals surface area contributed by atoms with Crippen LogP contribution in [0.1, 0.15) is 16.9 Å². The lowest BCUT2D eigenvalue weighted by Crippen LogP contribution is -2.26. The predicted octanol–water partition coefficient (Wildman–Crippen LogP) is 0.906. The molecule has 0 aliphatic rings. The van der Waals surface area contributed by atoms with E-state index >= 15 is 0 Å². The smallest absolute Gasteiger partial charge is 0.269 e. The molecular weight excluding hydrogens is 246 g/mol. The second-order valence-electron chi connectivity index (χ2n) is 3.95. The molecule has 0 fully saturated rings. The summed E-state index contributed by atoms with van der Waals surface area (Å²) in [6, 6.07) is 3.54. The first-order valence-corrected chi connectivity index (χ1v) is 6.24. The van der Waals surface area contributed by atoms with Crippen molar-refractivity contribution in [2.75, 3.05) is 45.8 Å². The number of carbonyl (C=O) groups excluding carboxylic acids is 1. The van der Waals surface area contributed by atoms with Crippen molar-refractivity contribution < 1.29 is 14.3 Å². The van der Waals surface area contributed by atoms with Crippen molar-refractivity contribution in [3.63, 3.8) is 0 Å². The van der Waals surface area contributed by atoms with Gasteiger partial charge in [-0.2, -0.15) is 0 Å². The van der Waals surface area contributed by atoms with Crippen molar-refractivity contribution in [3.05, 3.63) is 24.0 Å². The number of methoxy groups -OCH3 is 2. The van der Waals surface area contributed by atoms with Crippen LogP contribution < -0.4 is 10.6 Å². The SMILES string of the molecule is COCCCNC(=O)c1cc(NCCOC)ccn1. The lowest BCUT2D eigenvalue weighted by molar-refractivity contribution is 0.0943. The quantitative estimate of drug-likeness (QED) is 0.651. The molecule has 0 saturated carbocycles. The number of nitrogens with one attached hydrogen (secondary N) is 2. The normalized spacial score (nSPS) is 10.2. The van der Waals surface area contributed by atoms with Crippen molar-refractivity contribution in [1.82, 2.24) is 10.3 Å². The van der Waals surface area contributed by atoms with Crippen molar-refractivity contribution in [2.24, 2.45) is 0 Å². The van der Waals surface area contributed by atoms with E-state index in [-0.39, 0.29) is 5.91 Å². The summed E-state index contributed by atoms with van der Waals surface area (Å²) < 4.78 is 9.86. The van der Waals surface area contributed by atoms with Gasteiger partial charge in [-0.15, -0.1) is 0 Å².